The van der Waals surface area contributed by atoms with Crippen LogP contribution in [0.5, 0.6) is 0 Å². The van der Waals surface area contributed by atoms with Crippen molar-refractivity contribution < 1.29 is 10.0 Å². The predicted molar refractivity (Wildman–Crippen MR) is 65.6 cm³/mol. The van der Waals surface area contributed by atoms with Crippen LogP contribution in [0.3, 0.4) is 0 Å². The summed E-state index contributed by atoms with van der Waals surface area (Å²) in [5.41, 5.74) is 0.928. The molecule has 6 heteroatoms. The second-order valence-corrected chi connectivity index (χ2v) is 3.69. The van der Waals surface area contributed by atoms with E-state index in [0.29, 0.717) is 0 Å². The van der Waals surface area contributed by atoms with Gasteiger partial charge in [0.15, 0.2) is 0 Å². The topological polar surface area (TPSA) is 88.6 Å². The van der Waals surface area contributed by atoms with E-state index in [2.05, 4.69) is 9.98 Å². The van der Waals surface area contributed by atoms with Gasteiger partial charge in [0.1, 0.15) is 6.10 Å². The summed E-state index contributed by atoms with van der Waals surface area (Å²) in [5, 5.41) is 20.3. The second-order valence-electron chi connectivity index (χ2n) is 3.69. The van der Waals surface area contributed by atoms with Gasteiger partial charge in [0.2, 0.25) is 0 Å². The second kappa shape index (κ2) is 5.33. The maximum atomic E-state index is 10.6. The van der Waals surface area contributed by atoms with Crippen LogP contribution >= 0.6 is 0 Å². The van der Waals surface area contributed by atoms with E-state index >= 15 is 0 Å². The zero-order chi connectivity index (χ0) is 13.0. The number of hydrogen-bond acceptors (Lipinski definition) is 5. The lowest BCUT2D eigenvalue weighted by Crippen LogP contribution is -2.21. The van der Waals surface area contributed by atoms with Gasteiger partial charge in [-0.25, -0.2) is 0 Å². The zero-order valence-corrected chi connectivity index (χ0v) is 9.43. The average molecular weight is 245 g/mol. The molecule has 0 amide bonds. The number of rotatable bonds is 3. The van der Waals surface area contributed by atoms with Crippen molar-refractivity contribution in [2.24, 2.45) is 4.99 Å². The fraction of sp³-hybridized carbons (Fsp3) is 0.167. The molecular weight excluding hydrogens is 234 g/mol. The van der Waals surface area contributed by atoms with Gasteiger partial charge in [0, 0.05) is 18.3 Å². The monoisotopic (exact) mass is 245 g/mol. The minimum atomic E-state index is -0.905. The molecule has 1 atom stereocenters. The van der Waals surface area contributed by atoms with Gasteiger partial charge in [-0.2, -0.15) is 0 Å². The van der Waals surface area contributed by atoms with E-state index in [1.807, 2.05) is 6.07 Å². The predicted octanol–water partition coefficient (Wildman–Crippen LogP) is 1.11. The Kier molecular flexibility index (Phi) is 3.59. The molecule has 0 spiro atoms. The highest BCUT2D eigenvalue weighted by Gasteiger charge is 2.18. The third-order valence-electron chi connectivity index (χ3n) is 2.41. The first-order chi connectivity index (χ1) is 8.66. The summed E-state index contributed by atoms with van der Waals surface area (Å²) in [6, 6.07) is 5.42. The standard InChI is InChI=1S/C12H11N3O3/c16-12-5-4-10(15(17)18)7-11(12)14-8-9-3-1-2-6-13-9/h1-7,12,16H,8H2/b14-11+. The number of pyridine rings is 1. The van der Waals surface area contributed by atoms with E-state index in [9.17, 15) is 15.2 Å². The van der Waals surface area contributed by atoms with Gasteiger partial charge >= 0.3 is 0 Å². The average Bonchev–Trinajstić information content (AvgIpc) is 2.38. The number of allylic oxidation sites excluding steroid dienone is 1. The summed E-state index contributed by atoms with van der Waals surface area (Å²) in [4.78, 5) is 18.3. The van der Waals surface area contributed by atoms with E-state index in [1.54, 1.807) is 18.3 Å². The number of nitro groups is 1. The molecule has 6 nitrogen and oxygen atoms in total. The van der Waals surface area contributed by atoms with Crippen LogP contribution in [0.25, 0.3) is 0 Å². The number of aliphatic hydroxyl groups is 1. The number of aliphatic hydroxyl groups excluding tert-OH is 1. The lowest BCUT2D eigenvalue weighted by molar-refractivity contribution is -0.419. The number of aromatic nitrogens is 1. The summed E-state index contributed by atoms with van der Waals surface area (Å²) in [6.45, 7) is 0.280. The molecule has 2 rings (SSSR count). The molecule has 0 aliphatic heterocycles. The van der Waals surface area contributed by atoms with Crippen LogP contribution in [0.2, 0.25) is 0 Å². The van der Waals surface area contributed by atoms with E-state index < -0.39 is 11.0 Å². The third kappa shape index (κ3) is 2.86. The fourth-order valence-corrected chi connectivity index (χ4v) is 1.49. The summed E-state index contributed by atoms with van der Waals surface area (Å²) >= 11 is 0. The normalized spacial score (nSPS) is 20.8. The highest BCUT2D eigenvalue weighted by Crippen LogP contribution is 2.10. The smallest absolute Gasteiger partial charge is 0.271 e. The largest absolute Gasteiger partial charge is 0.383 e. The Morgan fingerprint density at radius 1 is 1.50 bits per heavy atom. The molecule has 1 aliphatic rings. The first-order valence-corrected chi connectivity index (χ1v) is 5.33. The quantitative estimate of drug-likeness (QED) is 0.638. The maximum absolute atomic E-state index is 10.6. The first kappa shape index (κ1) is 12.1. The molecule has 1 aromatic heterocycles. The van der Waals surface area contributed by atoms with Crippen molar-refractivity contribution in [3.63, 3.8) is 0 Å². The molecule has 0 fully saturated rings. The van der Waals surface area contributed by atoms with Gasteiger partial charge in [-0.3, -0.25) is 20.1 Å². The van der Waals surface area contributed by atoms with Crippen LogP contribution in [0.1, 0.15) is 5.69 Å². The van der Waals surface area contributed by atoms with Crippen molar-refractivity contribution in [1.82, 2.24) is 4.98 Å². The van der Waals surface area contributed by atoms with Crippen molar-refractivity contribution >= 4 is 5.71 Å². The van der Waals surface area contributed by atoms with Gasteiger partial charge in [0.05, 0.1) is 22.9 Å². The van der Waals surface area contributed by atoms with Crippen molar-refractivity contribution in [3.8, 4) is 0 Å². The molecule has 1 heterocycles. The first-order valence-electron chi connectivity index (χ1n) is 5.33. The van der Waals surface area contributed by atoms with Gasteiger partial charge < -0.3 is 5.11 Å². The summed E-state index contributed by atoms with van der Waals surface area (Å²) in [5.74, 6) is 0. The Hall–Kier alpha value is -2.34. The highest BCUT2D eigenvalue weighted by molar-refractivity contribution is 6.01. The number of hydrogen-bond donors (Lipinski definition) is 1. The molecular formula is C12H11N3O3. The number of nitrogens with zero attached hydrogens (tertiary/aromatic N) is 3. The molecule has 0 bridgehead atoms. The van der Waals surface area contributed by atoms with Crippen molar-refractivity contribution in [2.75, 3.05) is 0 Å². The van der Waals surface area contributed by atoms with Gasteiger partial charge in [0.25, 0.3) is 5.70 Å². The fourth-order valence-electron chi connectivity index (χ4n) is 1.49. The lowest BCUT2D eigenvalue weighted by atomic mass is 10.1. The van der Waals surface area contributed by atoms with Crippen molar-refractivity contribution in [3.05, 3.63) is 64.1 Å². The minimum absolute atomic E-state index is 0.0833. The van der Waals surface area contributed by atoms with Gasteiger partial charge in [-0.15, -0.1) is 0 Å². The Labute approximate surface area is 103 Å². The van der Waals surface area contributed by atoms with Crippen LogP contribution in [-0.4, -0.2) is 26.8 Å². The Bertz CT molecular complexity index is 535. The lowest BCUT2D eigenvalue weighted by Gasteiger charge is -2.09. The molecule has 1 aliphatic carbocycles. The van der Waals surface area contributed by atoms with E-state index in [-0.39, 0.29) is 18.0 Å². The third-order valence-corrected chi connectivity index (χ3v) is 2.41. The maximum Gasteiger partial charge on any atom is 0.271 e. The molecule has 1 unspecified atom stereocenters. The summed E-state index contributed by atoms with van der Waals surface area (Å²) in [7, 11) is 0. The molecule has 92 valence electrons. The van der Waals surface area contributed by atoms with Crippen molar-refractivity contribution in [1.29, 1.82) is 0 Å². The Morgan fingerprint density at radius 3 is 3.00 bits per heavy atom. The summed E-state index contributed by atoms with van der Waals surface area (Å²) < 4.78 is 0. The molecule has 0 radical (unpaired) electrons. The van der Waals surface area contributed by atoms with Gasteiger partial charge in [-0.05, 0) is 18.2 Å². The SMILES string of the molecule is O=[N+]([O-])C1=C/C(=N\Cc2ccccn2)C(O)C=C1. The van der Waals surface area contributed by atoms with Crippen LogP contribution in [0.4, 0.5) is 0 Å². The Morgan fingerprint density at radius 2 is 2.33 bits per heavy atom. The van der Waals surface area contributed by atoms with Gasteiger partial charge in [-0.1, -0.05) is 6.07 Å². The van der Waals surface area contributed by atoms with E-state index in [0.717, 1.165) is 5.69 Å². The Balaban J connectivity index is 2.17. The van der Waals surface area contributed by atoms with Crippen LogP contribution in [-0.2, 0) is 6.54 Å². The van der Waals surface area contributed by atoms with Crippen LogP contribution < -0.4 is 0 Å². The number of aliphatic imine (C=N–C) groups is 1. The van der Waals surface area contributed by atoms with Crippen LogP contribution in [0, 0.1) is 10.1 Å². The van der Waals surface area contributed by atoms with E-state index in [1.165, 1.54) is 18.2 Å². The van der Waals surface area contributed by atoms with Crippen molar-refractivity contribution in [2.45, 2.75) is 12.6 Å². The molecule has 18 heavy (non-hydrogen) atoms. The molecule has 0 saturated carbocycles. The highest BCUT2D eigenvalue weighted by atomic mass is 16.6. The summed E-state index contributed by atoms with van der Waals surface area (Å²) in [6.07, 6.45) is 4.62. The molecule has 0 saturated heterocycles. The molecule has 1 N–H and O–H groups in total. The molecule has 1 aromatic rings. The zero-order valence-electron chi connectivity index (χ0n) is 9.43. The van der Waals surface area contributed by atoms with E-state index in [4.69, 9.17) is 0 Å². The minimum Gasteiger partial charge on any atom is -0.383 e. The molecule has 0 aromatic carbocycles. The van der Waals surface area contributed by atoms with Crippen LogP contribution in [0.15, 0.2) is 53.3 Å².